The molecule has 28 heavy (non-hydrogen) atoms. The van der Waals surface area contributed by atoms with E-state index in [1.807, 2.05) is 0 Å². The van der Waals surface area contributed by atoms with Gasteiger partial charge in [0.05, 0.1) is 6.61 Å². The Morgan fingerprint density at radius 1 is 1.21 bits per heavy atom. The molecule has 0 atom stereocenters. The van der Waals surface area contributed by atoms with Crippen molar-refractivity contribution >= 4 is 29.9 Å². The predicted octanol–water partition coefficient (Wildman–Crippen LogP) is 2.63. The molecule has 0 amide bonds. The maximum absolute atomic E-state index is 5.92. The lowest BCUT2D eigenvalue weighted by Crippen LogP contribution is -2.38. The van der Waals surface area contributed by atoms with Gasteiger partial charge in [-0.3, -0.25) is 4.99 Å². The molecular weight excluding hydrogens is 473 g/mol. The highest BCUT2D eigenvalue weighted by atomic mass is 127. The molecule has 0 bridgehead atoms. The Hall–Kier alpha value is -1.88. The quantitative estimate of drug-likeness (QED) is 0.223. The van der Waals surface area contributed by atoms with Crippen LogP contribution in [0, 0.1) is 13.8 Å². The van der Waals surface area contributed by atoms with Crippen molar-refractivity contribution in [2.75, 3.05) is 33.9 Å². The summed E-state index contributed by atoms with van der Waals surface area (Å²) in [4.78, 5) is 8.43. The predicted molar refractivity (Wildman–Crippen MR) is 120 cm³/mol. The molecule has 0 saturated carbocycles. The highest BCUT2D eigenvalue weighted by Crippen LogP contribution is 2.20. The number of rotatable bonds is 10. The summed E-state index contributed by atoms with van der Waals surface area (Å²) in [6, 6.07) is 6.20. The third kappa shape index (κ3) is 8.42. The van der Waals surface area contributed by atoms with Gasteiger partial charge in [-0.05, 0) is 25.5 Å². The number of methoxy groups -OCH3 is 1. The van der Waals surface area contributed by atoms with E-state index in [-0.39, 0.29) is 24.0 Å². The van der Waals surface area contributed by atoms with Gasteiger partial charge in [0.1, 0.15) is 5.75 Å². The lowest BCUT2D eigenvalue weighted by molar-refractivity contribution is 0.172. The summed E-state index contributed by atoms with van der Waals surface area (Å²) in [7, 11) is 3.43. The SMILES string of the molecule is CN=C(NCCc1nc(C)no1)NCc1ccc(C)cc1OCCCOC.I. The molecule has 8 nitrogen and oxygen atoms in total. The van der Waals surface area contributed by atoms with Crippen LogP contribution in [-0.2, 0) is 17.7 Å². The second kappa shape index (κ2) is 13.3. The second-order valence-corrected chi connectivity index (χ2v) is 6.14. The molecular formula is C19H30IN5O3. The van der Waals surface area contributed by atoms with Crippen molar-refractivity contribution in [2.24, 2.45) is 4.99 Å². The van der Waals surface area contributed by atoms with Gasteiger partial charge in [0.25, 0.3) is 0 Å². The topological polar surface area (TPSA) is 93.8 Å². The Labute approximate surface area is 183 Å². The fraction of sp³-hybridized carbons (Fsp3) is 0.526. The van der Waals surface area contributed by atoms with Crippen LogP contribution < -0.4 is 15.4 Å². The van der Waals surface area contributed by atoms with Crippen LogP contribution >= 0.6 is 24.0 Å². The number of guanidine groups is 1. The molecule has 0 unspecified atom stereocenters. The molecule has 1 aromatic carbocycles. The van der Waals surface area contributed by atoms with E-state index in [0.717, 1.165) is 23.3 Å². The zero-order valence-corrected chi connectivity index (χ0v) is 19.3. The van der Waals surface area contributed by atoms with Crippen molar-refractivity contribution in [2.45, 2.75) is 33.2 Å². The Morgan fingerprint density at radius 3 is 2.71 bits per heavy atom. The maximum atomic E-state index is 5.92. The van der Waals surface area contributed by atoms with Gasteiger partial charge in [-0.25, -0.2) is 0 Å². The molecule has 9 heteroatoms. The molecule has 0 aliphatic rings. The number of benzene rings is 1. The fourth-order valence-corrected chi connectivity index (χ4v) is 2.46. The van der Waals surface area contributed by atoms with Gasteiger partial charge in [0.15, 0.2) is 11.8 Å². The number of hydrogen-bond acceptors (Lipinski definition) is 6. The number of nitrogens with one attached hydrogen (secondary N) is 2. The average molecular weight is 503 g/mol. The van der Waals surface area contributed by atoms with Crippen LogP contribution in [-0.4, -0.2) is 50.0 Å². The Balaban J connectivity index is 0.00000392. The molecule has 0 spiro atoms. The lowest BCUT2D eigenvalue weighted by Gasteiger charge is -2.15. The molecule has 1 heterocycles. The van der Waals surface area contributed by atoms with Crippen molar-refractivity contribution in [3.8, 4) is 5.75 Å². The zero-order valence-electron chi connectivity index (χ0n) is 16.9. The normalized spacial score (nSPS) is 11.1. The minimum atomic E-state index is 0. The lowest BCUT2D eigenvalue weighted by atomic mass is 10.1. The van der Waals surface area contributed by atoms with Crippen LogP contribution in [0.25, 0.3) is 0 Å². The number of aryl methyl sites for hydroxylation is 2. The molecule has 0 saturated heterocycles. The van der Waals surface area contributed by atoms with Gasteiger partial charge >= 0.3 is 0 Å². The average Bonchev–Trinajstić information content (AvgIpc) is 3.08. The molecule has 0 aliphatic carbocycles. The van der Waals surface area contributed by atoms with E-state index in [1.54, 1.807) is 21.1 Å². The van der Waals surface area contributed by atoms with Crippen LogP contribution in [0.3, 0.4) is 0 Å². The minimum absolute atomic E-state index is 0. The number of ether oxygens (including phenoxy) is 2. The van der Waals surface area contributed by atoms with Gasteiger partial charge in [0, 0.05) is 52.3 Å². The molecule has 0 aliphatic heterocycles. The third-order valence-corrected chi connectivity index (χ3v) is 3.84. The van der Waals surface area contributed by atoms with Crippen LogP contribution in [0.4, 0.5) is 0 Å². The largest absolute Gasteiger partial charge is 0.493 e. The van der Waals surface area contributed by atoms with Gasteiger partial charge in [-0.1, -0.05) is 17.3 Å². The summed E-state index contributed by atoms with van der Waals surface area (Å²) < 4.78 is 16.1. The standard InChI is InChI=1S/C19H29N5O3.HI/c1-14-6-7-16(17(12-14)26-11-5-10-25-4)13-22-19(20-3)21-9-8-18-23-15(2)24-27-18;/h6-7,12H,5,8-11,13H2,1-4H3,(H2,20,21,22);1H. The minimum Gasteiger partial charge on any atom is -0.493 e. The van der Waals surface area contributed by atoms with E-state index in [2.05, 4.69) is 50.9 Å². The number of halogens is 1. The van der Waals surface area contributed by atoms with Gasteiger partial charge in [-0.15, -0.1) is 24.0 Å². The van der Waals surface area contributed by atoms with E-state index >= 15 is 0 Å². The van der Waals surface area contributed by atoms with E-state index in [4.69, 9.17) is 14.0 Å². The smallest absolute Gasteiger partial charge is 0.228 e. The van der Waals surface area contributed by atoms with Crippen molar-refractivity contribution in [3.63, 3.8) is 0 Å². The first-order valence-electron chi connectivity index (χ1n) is 9.07. The molecule has 2 rings (SSSR count). The Kier molecular flexibility index (Phi) is 11.5. The summed E-state index contributed by atoms with van der Waals surface area (Å²) in [5.74, 6) is 2.85. The van der Waals surface area contributed by atoms with E-state index in [9.17, 15) is 0 Å². The first-order chi connectivity index (χ1) is 13.1. The fourth-order valence-electron chi connectivity index (χ4n) is 2.46. The van der Waals surface area contributed by atoms with Crippen molar-refractivity contribution < 1.29 is 14.0 Å². The summed E-state index contributed by atoms with van der Waals surface area (Å²) in [5, 5.41) is 10.3. The molecule has 1 aromatic heterocycles. The Morgan fingerprint density at radius 2 is 2.04 bits per heavy atom. The number of aliphatic imine (C=N–C) groups is 1. The van der Waals surface area contributed by atoms with E-state index in [0.29, 0.717) is 50.4 Å². The van der Waals surface area contributed by atoms with Crippen LogP contribution in [0.15, 0.2) is 27.7 Å². The van der Waals surface area contributed by atoms with Crippen LogP contribution in [0.1, 0.15) is 29.3 Å². The van der Waals surface area contributed by atoms with Crippen molar-refractivity contribution in [3.05, 3.63) is 41.0 Å². The summed E-state index contributed by atoms with van der Waals surface area (Å²) in [6.45, 7) is 6.43. The highest BCUT2D eigenvalue weighted by Gasteiger charge is 2.07. The molecule has 0 radical (unpaired) electrons. The highest BCUT2D eigenvalue weighted by molar-refractivity contribution is 14.0. The van der Waals surface area contributed by atoms with Crippen LogP contribution in [0.5, 0.6) is 5.75 Å². The molecule has 2 N–H and O–H groups in total. The van der Waals surface area contributed by atoms with Gasteiger partial charge < -0.3 is 24.6 Å². The monoisotopic (exact) mass is 503 g/mol. The van der Waals surface area contributed by atoms with Gasteiger partial charge in [-0.2, -0.15) is 4.98 Å². The number of hydrogen-bond donors (Lipinski definition) is 2. The van der Waals surface area contributed by atoms with Gasteiger partial charge in [0.2, 0.25) is 5.89 Å². The maximum Gasteiger partial charge on any atom is 0.228 e. The number of nitrogens with zero attached hydrogens (tertiary/aromatic N) is 3. The second-order valence-electron chi connectivity index (χ2n) is 6.14. The van der Waals surface area contributed by atoms with E-state index in [1.165, 1.54) is 0 Å². The zero-order chi connectivity index (χ0) is 19.5. The summed E-state index contributed by atoms with van der Waals surface area (Å²) in [6.07, 6.45) is 1.50. The van der Waals surface area contributed by atoms with Crippen LogP contribution in [0.2, 0.25) is 0 Å². The first kappa shape index (κ1) is 24.2. The summed E-state index contributed by atoms with van der Waals surface area (Å²) >= 11 is 0. The van der Waals surface area contributed by atoms with E-state index < -0.39 is 0 Å². The molecule has 156 valence electrons. The van der Waals surface area contributed by atoms with Crippen molar-refractivity contribution in [1.82, 2.24) is 20.8 Å². The summed E-state index contributed by atoms with van der Waals surface area (Å²) in [5.41, 5.74) is 2.24. The first-order valence-corrected chi connectivity index (χ1v) is 9.07. The van der Waals surface area contributed by atoms with Crippen molar-refractivity contribution in [1.29, 1.82) is 0 Å². The number of aromatic nitrogens is 2. The Bertz CT molecular complexity index is 736. The molecule has 2 aromatic rings. The molecule has 0 fully saturated rings. The third-order valence-electron chi connectivity index (χ3n) is 3.84.